The van der Waals surface area contributed by atoms with Crippen LogP contribution in [0.1, 0.15) is 25.7 Å². The van der Waals surface area contributed by atoms with Gasteiger partial charge < -0.3 is 5.32 Å². The lowest BCUT2D eigenvalue weighted by atomic mass is 10.0. The van der Waals surface area contributed by atoms with E-state index in [4.69, 9.17) is 0 Å². The van der Waals surface area contributed by atoms with Gasteiger partial charge in [0.05, 0.1) is 10.2 Å². The van der Waals surface area contributed by atoms with Crippen LogP contribution >= 0.6 is 15.9 Å². The van der Waals surface area contributed by atoms with E-state index in [-0.39, 0.29) is 22.0 Å². The van der Waals surface area contributed by atoms with Gasteiger partial charge in [-0.3, -0.25) is 4.79 Å². The molecule has 2 nitrogen and oxygen atoms in total. The number of rotatable bonds is 2. The molecule has 5 heteroatoms. The van der Waals surface area contributed by atoms with E-state index in [2.05, 4.69) is 21.2 Å². The zero-order valence-electron chi connectivity index (χ0n) is 10.3. The fraction of sp³-hybridized carbons (Fsp3) is 0.500. The van der Waals surface area contributed by atoms with Crippen molar-refractivity contribution in [3.05, 3.63) is 28.2 Å². The number of halogens is 3. The van der Waals surface area contributed by atoms with Crippen molar-refractivity contribution in [1.29, 1.82) is 0 Å². The van der Waals surface area contributed by atoms with Gasteiger partial charge in [-0.1, -0.05) is 12.8 Å². The van der Waals surface area contributed by atoms with Gasteiger partial charge in [0.1, 0.15) is 11.6 Å². The molecular weight excluding hydrogens is 316 g/mol. The highest BCUT2D eigenvalue weighted by molar-refractivity contribution is 9.10. The fourth-order valence-electron chi connectivity index (χ4n) is 3.22. The molecule has 1 amide bonds. The van der Waals surface area contributed by atoms with Crippen molar-refractivity contribution in [3.8, 4) is 0 Å². The van der Waals surface area contributed by atoms with Gasteiger partial charge in [-0.25, -0.2) is 8.78 Å². The third kappa shape index (κ3) is 2.40. The number of hydrogen-bond donors (Lipinski definition) is 1. The van der Waals surface area contributed by atoms with Gasteiger partial charge in [-0.2, -0.15) is 0 Å². The average Bonchev–Trinajstić information content (AvgIpc) is 3.10. The second-order valence-corrected chi connectivity index (χ2v) is 6.23. The van der Waals surface area contributed by atoms with E-state index in [1.165, 1.54) is 12.8 Å². The van der Waals surface area contributed by atoms with Gasteiger partial charge in [0.2, 0.25) is 5.91 Å². The highest BCUT2D eigenvalue weighted by Gasteiger charge is 2.54. The van der Waals surface area contributed by atoms with Crippen LogP contribution in [0.5, 0.6) is 0 Å². The van der Waals surface area contributed by atoms with Crippen molar-refractivity contribution in [1.82, 2.24) is 0 Å². The topological polar surface area (TPSA) is 29.1 Å². The zero-order valence-corrected chi connectivity index (χ0v) is 11.8. The van der Waals surface area contributed by atoms with Crippen molar-refractivity contribution < 1.29 is 13.6 Å². The number of anilines is 1. The Morgan fingerprint density at radius 1 is 1.16 bits per heavy atom. The summed E-state index contributed by atoms with van der Waals surface area (Å²) >= 11 is 2.91. The normalized spacial score (nSPS) is 28.7. The van der Waals surface area contributed by atoms with Gasteiger partial charge >= 0.3 is 0 Å². The Morgan fingerprint density at radius 3 is 2.42 bits per heavy atom. The van der Waals surface area contributed by atoms with Crippen molar-refractivity contribution in [3.63, 3.8) is 0 Å². The summed E-state index contributed by atoms with van der Waals surface area (Å²) in [5, 5.41) is 2.52. The number of fused-ring (bicyclic) bond motifs is 1. The van der Waals surface area contributed by atoms with E-state index < -0.39 is 11.6 Å². The molecule has 1 aromatic carbocycles. The summed E-state index contributed by atoms with van der Waals surface area (Å²) in [5.74, 6) is -0.462. The number of benzene rings is 1. The minimum atomic E-state index is -0.620. The Balaban J connectivity index is 1.72. The Bertz CT molecular complexity index is 522. The van der Waals surface area contributed by atoms with E-state index in [1.807, 2.05) is 0 Å². The van der Waals surface area contributed by atoms with Crippen LogP contribution in [0.15, 0.2) is 16.6 Å². The lowest BCUT2D eigenvalue weighted by molar-refractivity contribution is -0.117. The fourth-order valence-corrected chi connectivity index (χ4v) is 3.53. The summed E-state index contributed by atoms with van der Waals surface area (Å²) in [6.45, 7) is 0. The predicted octanol–water partition coefficient (Wildman–Crippen LogP) is 4.10. The van der Waals surface area contributed by atoms with Crippen molar-refractivity contribution in [2.45, 2.75) is 25.7 Å². The zero-order chi connectivity index (χ0) is 13.6. The maximum absolute atomic E-state index is 13.6. The molecule has 1 aromatic rings. The van der Waals surface area contributed by atoms with E-state index in [0.717, 1.165) is 25.0 Å². The van der Waals surface area contributed by atoms with Gasteiger partial charge in [0, 0.05) is 12.0 Å². The van der Waals surface area contributed by atoms with E-state index in [9.17, 15) is 13.6 Å². The maximum Gasteiger partial charge on any atom is 0.228 e. The van der Waals surface area contributed by atoms with Crippen molar-refractivity contribution in [2.24, 2.45) is 17.8 Å². The number of carbonyl (C=O) groups is 1. The van der Waals surface area contributed by atoms with Crippen molar-refractivity contribution in [2.75, 3.05) is 5.32 Å². The molecule has 2 aliphatic rings. The molecule has 0 aliphatic heterocycles. The Labute approximate surface area is 118 Å². The van der Waals surface area contributed by atoms with Gasteiger partial charge in [-0.05, 0) is 46.7 Å². The Hall–Kier alpha value is -0.970. The summed E-state index contributed by atoms with van der Waals surface area (Å²) in [6, 6.07) is 2.05. The minimum Gasteiger partial charge on any atom is -0.323 e. The summed E-state index contributed by atoms with van der Waals surface area (Å²) in [5.41, 5.74) is -0.0747. The lowest BCUT2D eigenvalue weighted by Gasteiger charge is -2.07. The minimum absolute atomic E-state index is 0.00592. The van der Waals surface area contributed by atoms with Crippen LogP contribution < -0.4 is 5.32 Å². The third-order valence-corrected chi connectivity index (χ3v) is 4.83. The monoisotopic (exact) mass is 329 g/mol. The first-order valence-electron chi connectivity index (χ1n) is 6.53. The average molecular weight is 330 g/mol. The number of nitrogens with one attached hydrogen (secondary N) is 1. The Kier molecular flexibility index (Phi) is 3.33. The smallest absolute Gasteiger partial charge is 0.228 e. The molecule has 2 fully saturated rings. The van der Waals surface area contributed by atoms with E-state index >= 15 is 0 Å². The molecule has 0 spiro atoms. The molecule has 2 unspecified atom stereocenters. The number of amides is 1. The molecule has 2 aliphatic carbocycles. The SMILES string of the molecule is O=C(Nc1cc(F)c(Br)cc1F)C1C2CCCCC21. The summed E-state index contributed by atoms with van der Waals surface area (Å²) in [4.78, 5) is 12.1. The summed E-state index contributed by atoms with van der Waals surface area (Å²) in [7, 11) is 0. The largest absolute Gasteiger partial charge is 0.323 e. The van der Waals surface area contributed by atoms with E-state index in [0.29, 0.717) is 11.8 Å². The molecule has 0 aromatic heterocycles. The molecule has 102 valence electrons. The van der Waals surface area contributed by atoms with Crippen LogP contribution in [-0.4, -0.2) is 5.91 Å². The second kappa shape index (κ2) is 4.85. The summed E-state index contributed by atoms with van der Waals surface area (Å²) < 4.78 is 27.0. The molecule has 2 saturated carbocycles. The molecule has 1 N–H and O–H groups in total. The predicted molar refractivity (Wildman–Crippen MR) is 71.6 cm³/mol. The van der Waals surface area contributed by atoms with Crippen LogP contribution in [-0.2, 0) is 4.79 Å². The lowest BCUT2D eigenvalue weighted by Crippen LogP contribution is -2.16. The van der Waals surface area contributed by atoms with Crippen LogP contribution in [0.2, 0.25) is 0 Å². The maximum atomic E-state index is 13.6. The van der Waals surface area contributed by atoms with E-state index in [1.54, 1.807) is 0 Å². The quantitative estimate of drug-likeness (QED) is 0.813. The molecule has 3 rings (SSSR count). The van der Waals surface area contributed by atoms with Gasteiger partial charge in [0.15, 0.2) is 0 Å². The number of hydrogen-bond acceptors (Lipinski definition) is 1. The molecule has 19 heavy (non-hydrogen) atoms. The van der Waals surface area contributed by atoms with Crippen LogP contribution in [0.25, 0.3) is 0 Å². The van der Waals surface area contributed by atoms with Crippen LogP contribution in [0, 0.1) is 29.4 Å². The first-order valence-corrected chi connectivity index (χ1v) is 7.32. The summed E-state index contributed by atoms with van der Waals surface area (Å²) in [6.07, 6.45) is 4.51. The molecule has 0 saturated heterocycles. The molecule has 2 atom stereocenters. The van der Waals surface area contributed by atoms with Gasteiger partial charge in [-0.15, -0.1) is 0 Å². The highest BCUT2D eigenvalue weighted by Crippen LogP contribution is 2.55. The Morgan fingerprint density at radius 2 is 1.79 bits per heavy atom. The first-order chi connectivity index (χ1) is 9.08. The van der Waals surface area contributed by atoms with Crippen molar-refractivity contribution >= 4 is 27.5 Å². The second-order valence-electron chi connectivity index (χ2n) is 5.37. The molecule has 0 heterocycles. The first kappa shape index (κ1) is 13.0. The van der Waals surface area contributed by atoms with Crippen LogP contribution in [0.3, 0.4) is 0 Å². The number of carbonyl (C=O) groups excluding carboxylic acids is 1. The third-order valence-electron chi connectivity index (χ3n) is 4.23. The molecule has 0 bridgehead atoms. The van der Waals surface area contributed by atoms with Gasteiger partial charge in [0.25, 0.3) is 0 Å². The van der Waals surface area contributed by atoms with Crippen LogP contribution in [0.4, 0.5) is 14.5 Å². The molecule has 0 radical (unpaired) electrons. The standard InChI is InChI=1S/C14H14BrF2NO/c15-9-5-11(17)12(6-10(9)16)18-14(19)13-7-3-1-2-4-8(7)13/h5-8,13H,1-4H2,(H,18,19). The molecular formula is C14H14BrF2NO. The highest BCUT2D eigenvalue weighted by atomic mass is 79.9.